The Balaban J connectivity index is 1.64. The molecule has 2 aliphatic heterocycles. The van der Waals surface area contributed by atoms with Gasteiger partial charge in [0, 0.05) is 44.1 Å². The molecule has 0 unspecified atom stereocenters. The van der Waals surface area contributed by atoms with Gasteiger partial charge in [-0.15, -0.1) is 0 Å². The Morgan fingerprint density at radius 1 is 1.13 bits per heavy atom. The summed E-state index contributed by atoms with van der Waals surface area (Å²) >= 11 is 0. The predicted octanol–water partition coefficient (Wildman–Crippen LogP) is 2.36. The summed E-state index contributed by atoms with van der Waals surface area (Å²) in [6.45, 7) is 4.21. The highest BCUT2D eigenvalue weighted by Crippen LogP contribution is 2.39. The van der Waals surface area contributed by atoms with Crippen molar-refractivity contribution in [3.8, 4) is 0 Å². The van der Waals surface area contributed by atoms with Crippen LogP contribution >= 0.6 is 0 Å². The van der Waals surface area contributed by atoms with Gasteiger partial charge in [0.25, 0.3) is 11.7 Å². The minimum absolute atomic E-state index is 0.00372. The number of aliphatic hydroxyl groups is 1. The van der Waals surface area contributed by atoms with E-state index < -0.39 is 23.5 Å². The number of benzene rings is 1. The van der Waals surface area contributed by atoms with Gasteiger partial charge in [0.15, 0.2) is 0 Å². The van der Waals surface area contributed by atoms with E-state index in [0.717, 1.165) is 19.6 Å². The number of nitrogens with zero attached hydrogens (tertiary/aromatic N) is 3. The number of Topliss-reactive ketones (excluding diaryl/α,β-unsaturated/α-hetero) is 1. The van der Waals surface area contributed by atoms with Crippen LogP contribution in [0.2, 0.25) is 0 Å². The zero-order chi connectivity index (χ0) is 21.8. The van der Waals surface area contributed by atoms with Crippen LogP contribution in [0.5, 0.6) is 0 Å². The van der Waals surface area contributed by atoms with Crippen LogP contribution < -0.4 is 0 Å². The third kappa shape index (κ3) is 4.50. The van der Waals surface area contributed by atoms with Crippen LogP contribution in [0.4, 0.5) is 4.39 Å². The number of ketones is 1. The fraction of sp³-hybridized carbons (Fsp3) is 0.348. The summed E-state index contributed by atoms with van der Waals surface area (Å²) in [4.78, 5) is 33.7. The summed E-state index contributed by atoms with van der Waals surface area (Å²) < 4.78 is 18.7. The Morgan fingerprint density at radius 3 is 2.55 bits per heavy atom. The first-order valence-electron chi connectivity index (χ1n) is 10.3. The molecular weight excluding hydrogens is 401 g/mol. The smallest absolute Gasteiger partial charge is 0.295 e. The second-order valence-corrected chi connectivity index (χ2v) is 7.59. The largest absolute Gasteiger partial charge is 0.507 e. The maximum Gasteiger partial charge on any atom is 0.295 e. The summed E-state index contributed by atoms with van der Waals surface area (Å²) in [5, 5.41) is 10.9. The molecule has 162 valence electrons. The molecule has 2 aliphatic rings. The van der Waals surface area contributed by atoms with E-state index in [0.29, 0.717) is 31.7 Å². The molecular formula is C23H24FN3O4. The highest BCUT2D eigenvalue weighted by atomic mass is 19.1. The number of aromatic nitrogens is 1. The third-order valence-corrected chi connectivity index (χ3v) is 5.63. The van der Waals surface area contributed by atoms with Crippen molar-refractivity contribution in [2.24, 2.45) is 0 Å². The molecule has 1 aromatic carbocycles. The van der Waals surface area contributed by atoms with Crippen molar-refractivity contribution < 1.29 is 23.8 Å². The standard InChI is InChI=1S/C23H24FN3O4/c24-18-6-4-16(5-7-18)21(28)19-20(17-3-1-8-25-15-17)27(23(30)22(19)29)10-2-9-26-11-13-31-14-12-26/h1,3-8,15,20,28H,2,9-14H2/b21-19+/t20-/m1/s1. The Bertz CT molecular complexity index is 972. The van der Waals surface area contributed by atoms with Crippen molar-refractivity contribution in [1.29, 1.82) is 0 Å². The number of amides is 1. The molecule has 1 aromatic heterocycles. The lowest BCUT2D eigenvalue weighted by molar-refractivity contribution is -0.140. The van der Waals surface area contributed by atoms with Gasteiger partial charge in [-0.05, 0) is 42.3 Å². The summed E-state index contributed by atoms with van der Waals surface area (Å²) in [5.41, 5.74) is 0.911. The normalized spacial score (nSPS) is 21.6. The van der Waals surface area contributed by atoms with Gasteiger partial charge in [-0.25, -0.2) is 4.39 Å². The molecule has 1 amide bonds. The van der Waals surface area contributed by atoms with E-state index in [1.165, 1.54) is 29.2 Å². The quantitative estimate of drug-likeness (QED) is 0.435. The monoisotopic (exact) mass is 425 g/mol. The number of likely N-dealkylation sites (tertiary alicyclic amines) is 1. The van der Waals surface area contributed by atoms with Gasteiger partial charge in [0.1, 0.15) is 11.6 Å². The summed E-state index contributed by atoms with van der Waals surface area (Å²) in [6, 6.07) is 7.92. The van der Waals surface area contributed by atoms with Crippen LogP contribution in [0.3, 0.4) is 0 Å². The Labute approximate surface area is 179 Å². The zero-order valence-corrected chi connectivity index (χ0v) is 17.0. The molecule has 2 fully saturated rings. The third-order valence-electron chi connectivity index (χ3n) is 5.63. The van der Waals surface area contributed by atoms with Crippen LogP contribution in [0, 0.1) is 5.82 Å². The van der Waals surface area contributed by atoms with Gasteiger partial charge in [0.05, 0.1) is 24.8 Å². The van der Waals surface area contributed by atoms with Crippen molar-refractivity contribution in [3.63, 3.8) is 0 Å². The fourth-order valence-corrected chi connectivity index (χ4v) is 4.05. The van der Waals surface area contributed by atoms with Crippen molar-refractivity contribution in [3.05, 3.63) is 71.3 Å². The van der Waals surface area contributed by atoms with Gasteiger partial charge >= 0.3 is 0 Å². The van der Waals surface area contributed by atoms with E-state index in [-0.39, 0.29) is 16.9 Å². The Kier molecular flexibility index (Phi) is 6.39. The zero-order valence-electron chi connectivity index (χ0n) is 17.0. The first-order chi connectivity index (χ1) is 15.1. The summed E-state index contributed by atoms with van der Waals surface area (Å²) in [6.07, 6.45) is 3.87. The van der Waals surface area contributed by atoms with Crippen molar-refractivity contribution in [2.45, 2.75) is 12.5 Å². The number of halogens is 1. The predicted molar refractivity (Wildman–Crippen MR) is 112 cm³/mol. The minimum Gasteiger partial charge on any atom is -0.507 e. The minimum atomic E-state index is -0.748. The molecule has 4 rings (SSSR count). The molecule has 0 bridgehead atoms. The second-order valence-electron chi connectivity index (χ2n) is 7.59. The Hall–Kier alpha value is -3.10. The molecule has 8 heteroatoms. The van der Waals surface area contributed by atoms with Crippen LogP contribution in [0.1, 0.15) is 23.6 Å². The number of carbonyl (C=O) groups excluding carboxylic acids is 2. The molecule has 2 aromatic rings. The molecule has 1 atom stereocenters. The maximum atomic E-state index is 13.3. The molecule has 1 N–H and O–H groups in total. The number of hydrogen-bond donors (Lipinski definition) is 1. The molecule has 0 aliphatic carbocycles. The van der Waals surface area contributed by atoms with Crippen LogP contribution in [-0.2, 0) is 14.3 Å². The fourth-order valence-electron chi connectivity index (χ4n) is 4.05. The lowest BCUT2D eigenvalue weighted by Gasteiger charge is -2.29. The number of ether oxygens (including phenoxy) is 1. The summed E-state index contributed by atoms with van der Waals surface area (Å²) in [7, 11) is 0. The molecule has 0 radical (unpaired) electrons. The highest BCUT2D eigenvalue weighted by molar-refractivity contribution is 6.46. The highest BCUT2D eigenvalue weighted by Gasteiger charge is 2.45. The Morgan fingerprint density at radius 2 is 1.87 bits per heavy atom. The van der Waals surface area contributed by atoms with E-state index in [9.17, 15) is 19.1 Å². The molecule has 0 saturated carbocycles. The van der Waals surface area contributed by atoms with E-state index in [1.807, 2.05) is 0 Å². The van der Waals surface area contributed by atoms with E-state index in [4.69, 9.17) is 4.74 Å². The van der Waals surface area contributed by atoms with Crippen LogP contribution in [0.15, 0.2) is 54.4 Å². The number of rotatable bonds is 6. The van der Waals surface area contributed by atoms with Crippen molar-refractivity contribution in [2.75, 3.05) is 39.4 Å². The molecule has 0 spiro atoms. The van der Waals surface area contributed by atoms with E-state index >= 15 is 0 Å². The molecule has 31 heavy (non-hydrogen) atoms. The first kappa shape index (κ1) is 21.1. The average Bonchev–Trinajstić information content (AvgIpc) is 3.05. The first-order valence-corrected chi connectivity index (χ1v) is 10.3. The molecule has 7 nitrogen and oxygen atoms in total. The van der Waals surface area contributed by atoms with Gasteiger partial charge in [-0.3, -0.25) is 19.5 Å². The number of carbonyl (C=O) groups is 2. The van der Waals surface area contributed by atoms with Crippen molar-refractivity contribution >= 4 is 17.4 Å². The number of morpholine rings is 1. The SMILES string of the molecule is O=C1C(=O)N(CCCN2CCOCC2)[C@H](c2cccnc2)/C1=C(\O)c1ccc(F)cc1. The number of pyridine rings is 1. The number of hydrogen-bond acceptors (Lipinski definition) is 6. The number of aliphatic hydroxyl groups excluding tert-OH is 1. The van der Waals surface area contributed by atoms with Crippen LogP contribution in [0.25, 0.3) is 5.76 Å². The van der Waals surface area contributed by atoms with Gasteiger partial charge in [0.2, 0.25) is 0 Å². The molecule has 2 saturated heterocycles. The second kappa shape index (κ2) is 9.36. The lowest BCUT2D eigenvalue weighted by atomic mass is 9.96. The van der Waals surface area contributed by atoms with E-state index in [2.05, 4.69) is 9.88 Å². The maximum absolute atomic E-state index is 13.3. The van der Waals surface area contributed by atoms with Gasteiger partial charge < -0.3 is 14.7 Å². The van der Waals surface area contributed by atoms with E-state index in [1.54, 1.807) is 24.5 Å². The van der Waals surface area contributed by atoms with Crippen molar-refractivity contribution in [1.82, 2.24) is 14.8 Å². The summed E-state index contributed by atoms with van der Waals surface area (Å²) in [5.74, 6) is -2.17. The molecule has 3 heterocycles. The van der Waals surface area contributed by atoms with Gasteiger partial charge in [-0.2, -0.15) is 0 Å². The lowest BCUT2D eigenvalue weighted by Crippen LogP contribution is -2.39. The van der Waals surface area contributed by atoms with Gasteiger partial charge in [-0.1, -0.05) is 6.07 Å². The average molecular weight is 425 g/mol. The topological polar surface area (TPSA) is 83.0 Å². The van der Waals surface area contributed by atoms with Crippen LogP contribution in [-0.4, -0.2) is 71.0 Å².